The Morgan fingerprint density at radius 3 is 2.40 bits per heavy atom. The third kappa shape index (κ3) is 6.99. The van der Waals surface area contributed by atoms with Crippen LogP contribution in [0.1, 0.15) is 84.6 Å². The molecule has 0 spiro atoms. The standard InChI is InChI=1S/C35H43N7O8/c1-21-18-40(25(22-11-7-6-8-12-22)20-39(21)31(45)35(5)14-15-35)30(44)29(43)37-24-17-36-28(42(32(46)47)33(48)50-34(2,3)4)23-19-41(38-27(23)24)26-13-9-10-16-49-26/h6-8,11-12,17,19,21,25-26H,9-10,13-16,18,20H2,1-5H3,(H,37,43)(H,46,47)/t21-,25-,26?/m1/s1. The van der Waals surface area contributed by atoms with Gasteiger partial charge < -0.3 is 29.7 Å². The van der Waals surface area contributed by atoms with Crippen LogP contribution < -0.4 is 10.2 Å². The highest BCUT2D eigenvalue weighted by Crippen LogP contribution is 2.47. The summed E-state index contributed by atoms with van der Waals surface area (Å²) in [5.41, 5.74) is -0.473. The van der Waals surface area contributed by atoms with Crippen molar-refractivity contribution in [3.05, 3.63) is 48.3 Å². The number of carbonyl (C=O) groups is 5. The van der Waals surface area contributed by atoms with Gasteiger partial charge in [0, 0.05) is 37.4 Å². The van der Waals surface area contributed by atoms with Gasteiger partial charge in [-0.15, -0.1) is 0 Å². The van der Waals surface area contributed by atoms with E-state index in [4.69, 9.17) is 9.47 Å². The van der Waals surface area contributed by atoms with E-state index in [1.54, 1.807) is 20.8 Å². The Balaban J connectivity index is 1.33. The minimum atomic E-state index is -1.63. The quantitative estimate of drug-likeness (QED) is 0.343. The van der Waals surface area contributed by atoms with Gasteiger partial charge in [-0.3, -0.25) is 14.4 Å². The molecule has 1 unspecified atom stereocenters. The van der Waals surface area contributed by atoms with Crippen molar-refractivity contribution in [3.8, 4) is 0 Å². The Morgan fingerprint density at radius 1 is 1.06 bits per heavy atom. The number of amides is 5. The zero-order valence-corrected chi connectivity index (χ0v) is 28.9. The molecule has 4 heterocycles. The number of pyridine rings is 1. The molecule has 266 valence electrons. The zero-order chi connectivity index (χ0) is 36.0. The van der Waals surface area contributed by atoms with Gasteiger partial charge in [-0.1, -0.05) is 37.3 Å². The van der Waals surface area contributed by atoms with Gasteiger partial charge in [-0.05, 0) is 65.4 Å². The molecule has 3 fully saturated rings. The van der Waals surface area contributed by atoms with Crippen LogP contribution in [0.15, 0.2) is 42.7 Å². The summed E-state index contributed by atoms with van der Waals surface area (Å²) in [4.78, 5) is 74.6. The van der Waals surface area contributed by atoms with Crippen LogP contribution in [0.25, 0.3) is 10.9 Å². The number of hydrogen-bond donors (Lipinski definition) is 2. The van der Waals surface area contributed by atoms with Crippen molar-refractivity contribution >= 4 is 52.3 Å². The predicted octanol–water partition coefficient (Wildman–Crippen LogP) is 5.09. The van der Waals surface area contributed by atoms with E-state index in [-0.39, 0.29) is 47.4 Å². The maximum Gasteiger partial charge on any atom is 0.425 e. The van der Waals surface area contributed by atoms with Gasteiger partial charge in [0.05, 0.1) is 23.3 Å². The highest BCUT2D eigenvalue weighted by Gasteiger charge is 2.50. The van der Waals surface area contributed by atoms with Crippen LogP contribution in [0, 0.1) is 5.41 Å². The fraction of sp³-hybridized carbons (Fsp3) is 0.514. The number of benzene rings is 1. The van der Waals surface area contributed by atoms with Crippen LogP contribution in [0.4, 0.5) is 21.1 Å². The minimum absolute atomic E-state index is 0.0333. The summed E-state index contributed by atoms with van der Waals surface area (Å²) in [5.74, 6) is -2.01. The maximum atomic E-state index is 14.0. The number of imide groups is 1. The van der Waals surface area contributed by atoms with E-state index in [0.717, 1.165) is 37.4 Å². The molecule has 1 aromatic carbocycles. The largest absolute Gasteiger partial charge is 0.464 e. The van der Waals surface area contributed by atoms with Crippen molar-refractivity contribution in [2.24, 2.45) is 5.41 Å². The third-order valence-corrected chi connectivity index (χ3v) is 9.38. The van der Waals surface area contributed by atoms with Crippen LogP contribution in [0.2, 0.25) is 0 Å². The summed E-state index contributed by atoms with van der Waals surface area (Å²) in [6.45, 7) is 9.52. The van der Waals surface area contributed by atoms with E-state index in [2.05, 4.69) is 15.4 Å². The van der Waals surface area contributed by atoms with Gasteiger partial charge in [0.1, 0.15) is 17.3 Å². The Bertz CT molecular complexity index is 1810. The lowest BCUT2D eigenvalue weighted by atomic mass is 9.97. The summed E-state index contributed by atoms with van der Waals surface area (Å²) in [7, 11) is 0. The van der Waals surface area contributed by atoms with Crippen molar-refractivity contribution < 1.29 is 38.6 Å². The molecular formula is C35H43N7O8. The molecule has 1 aliphatic carbocycles. The van der Waals surface area contributed by atoms with Crippen molar-refractivity contribution in [1.29, 1.82) is 0 Å². The second kappa shape index (κ2) is 13.3. The molecule has 3 atom stereocenters. The summed E-state index contributed by atoms with van der Waals surface area (Å²) < 4.78 is 12.7. The van der Waals surface area contributed by atoms with Crippen molar-refractivity contribution in [3.63, 3.8) is 0 Å². The smallest absolute Gasteiger partial charge is 0.425 e. The minimum Gasteiger partial charge on any atom is -0.464 e. The molecular weight excluding hydrogens is 646 g/mol. The number of rotatable bonds is 5. The Hall–Kier alpha value is -5.05. The lowest BCUT2D eigenvalue weighted by molar-refractivity contribution is -0.153. The predicted molar refractivity (Wildman–Crippen MR) is 181 cm³/mol. The monoisotopic (exact) mass is 689 g/mol. The van der Waals surface area contributed by atoms with E-state index >= 15 is 0 Å². The highest BCUT2D eigenvalue weighted by atomic mass is 16.6. The lowest BCUT2D eigenvalue weighted by Crippen LogP contribution is -2.59. The average molecular weight is 690 g/mol. The van der Waals surface area contributed by atoms with Crippen LogP contribution in [0.5, 0.6) is 0 Å². The van der Waals surface area contributed by atoms with Gasteiger partial charge >= 0.3 is 24.0 Å². The first-order valence-corrected chi connectivity index (χ1v) is 16.9. The number of hydrogen-bond acceptors (Lipinski definition) is 9. The lowest BCUT2D eigenvalue weighted by Gasteiger charge is -2.46. The molecule has 0 bridgehead atoms. The van der Waals surface area contributed by atoms with E-state index in [1.165, 1.54) is 15.8 Å². The molecule has 2 saturated heterocycles. The number of carboxylic acid groups (broad SMARTS) is 1. The molecule has 50 heavy (non-hydrogen) atoms. The van der Waals surface area contributed by atoms with Crippen LogP contribution in [0.3, 0.4) is 0 Å². The van der Waals surface area contributed by atoms with E-state index in [9.17, 15) is 29.1 Å². The topological polar surface area (TPSA) is 176 Å². The van der Waals surface area contributed by atoms with E-state index in [0.29, 0.717) is 17.9 Å². The normalized spacial score (nSPS) is 21.7. The number of carbonyl (C=O) groups excluding carboxylic acids is 4. The number of fused-ring (bicyclic) bond motifs is 1. The van der Waals surface area contributed by atoms with Crippen molar-refractivity contribution in [1.82, 2.24) is 24.6 Å². The van der Waals surface area contributed by atoms with Crippen LogP contribution in [-0.4, -0.2) is 90.9 Å². The van der Waals surface area contributed by atoms with Gasteiger partial charge in [-0.2, -0.15) is 10.00 Å². The molecule has 5 amide bonds. The molecule has 15 heteroatoms. The molecule has 0 radical (unpaired) electrons. The fourth-order valence-electron chi connectivity index (χ4n) is 6.42. The number of anilines is 2. The molecule has 6 rings (SSSR count). The molecule has 2 N–H and O–H groups in total. The summed E-state index contributed by atoms with van der Waals surface area (Å²) in [5, 5.41) is 17.5. The number of nitrogens with zero attached hydrogens (tertiary/aromatic N) is 6. The van der Waals surface area contributed by atoms with Crippen LogP contribution >= 0.6 is 0 Å². The first-order valence-electron chi connectivity index (χ1n) is 16.9. The van der Waals surface area contributed by atoms with Gasteiger partial charge in [0.15, 0.2) is 5.82 Å². The summed E-state index contributed by atoms with van der Waals surface area (Å²) >= 11 is 0. The van der Waals surface area contributed by atoms with Crippen LogP contribution in [-0.2, 0) is 23.9 Å². The van der Waals surface area contributed by atoms with E-state index in [1.807, 2.05) is 49.1 Å². The van der Waals surface area contributed by atoms with Crippen molar-refractivity contribution in [2.45, 2.75) is 90.6 Å². The molecule has 15 nitrogen and oxygen atoms in total. The second-order valence-corrected chi connectivity index (χ2v) is 14.5. The van der Waals surface area contributed by atoms with Gasteiger partial charge in [0.25, 0.3) is 0 Å². The fourth-order valence-corrected chi connectivity index (χ4v) is 6.42. The first-order chi connectivity index (χ1) is 23.7. The maximum absolute atomic E-state index is 14.0. The highest BCUT2D eigenvalue weighted by molar-refractivity contribution is 6.40. The molecule has 3 aromatic rings. The Kier molecular flexibility index (Phi) is 9.29. The van der Waals surface area contributed by atoms with Gasteiger partial charge in [0.2, 0.25) is 5.91 Å². The first kappa shape index (κ1) is 34.8. The molecule has 3 aliphatic rings. The zero-order valence-electron chi connectivity index (χ0n) is 28.9. The third-order valence-electron chi connectivity index (χ3n) is 9.38. The summed E-state index contributed by atoms with van der Waals surface area (Å²) in [6.07, 6.45) is 3.44. The Labute approximate surface area is 289 Å². The second-order valence-electron chi connectivity index (χ2n) is 14.5. The average Bonchev–Trinajstić information content (AvgIpc) is 3.66. The molecule has 2 aromatic heterocycles. The number of piperazine rings is 1. The van der Waals surface area contributed by atoms with Gasteiger partial charge in [-0.25, -0.2) is 19.3 Å². The Morgan fingerprint density at radius 2 is 1.78 bits per heavy atom. The van der Waals surface area contributed by atoms with E-state index < -0.39 is 47.3 Å². The number of aromatic nitrogens is 3. The number of ether oxygens (including phenoxy) is 2. The molecule has 2 aliphatic heterocycles. The SMILES string of the molecule is C[C@@H]1CN(C(=O)C(=O)Nc2cnc(N(C(=O)O)C(=O)OC(C)(C)C)c3cn(C4CCCCO4)nc23)[C@@H](c2ccccc2)CN1C(=O)C1(C)CC1. The summed E-state index contributed by atoms with van der Waals surface area (Å²) in [6, 6.07) is 8.38. The number of nitrogens with one attached hydrogen (secondary N) is 1. The van der Waals surface area contributed by atoms with Crippen molar-refractivity contribution in [2.75, 3.05) is 29.9 Å². The molecule has 1 saturated carbocycles.